The summed E-state index contributed by atoms with van der Waals surface area (Å²) < 4.78 is 10.1. The molecule has 1 radical (unpaired) electrons. The van der Waals surface area contributed by atoms with E-state index in [0.717, 1.165) is 25.7 Å². The highest BCUT2D eigenvalue weighted by atomic mass is 16.5. The lowest BCUT2D eigenvalue weighted by atomic mass is 10.2. The first-order valence-electron chi connectivity index (χ1n) is 6.39. The van der Waals surface area contributed by atoms with Crippen molar-refractivity contribution in [1.82, 2.24) is 0 Å². The first-order chi connectivity index (χ1) is 9.15. The van der Waals surface area contributed by atoms with Crippen molar-refractivity contribution >= 4 is 11.9 Å². The number of para-hydroxylation sites is 1. The van der Waals surface area contributed by atoms with Crippen LogP contribution in [0.1, 0.15) is 43.0 Å². The second kappa shape index (κ2) is 8.29. The monoisotopic (exact) mass is 263 g/mol. The molecule has 0 saturated carbocycles. The van der Waals surface area contributed by atoms with Crippen LogP contribution in [-0.4, -0.2) is 18.5 Å². The summed E-state index contributed by atoms with van der Waals surface area (Å²) in [5, 5.41) is 0. The van der Waals surface area contributed by atoms with E-state index in [9.17, 15) is 9.59 Å². The molecule has 4 heteroatoms. The molecule has 0 aliphatic carbocycles. The third kappa shape index (κ3) is 5.55. The van der Waals surface area contributed by atoms with Crippen molar-refractivity contribution in [2.24, 2.45) is 0 Å². The Morgan fingerprint density at radius 1 is 1.16 bits per heavy atom. The lowest BCUT2D eigenvalue weighted by molar-refractivity contribution is -0.131. The minimum Gasteiger partial charge on any atom is -0.462 e. The van der Waals surface area contributed by atoms with Gasteiger partial charge in [-0.15, -0.1) is 0 Å². The van der Waals surface area contributed by atoms with E-state index in [2.05, 4.69) is 6.92 Å². The number of carbonyl (C=O) groups is 2. The van der Waals surface area contributed by atoms with E-state index in [-0.39, 0.29) is 11.3 Å². The smallest absolute Gasteiger partial charge is 0.341 e. The van der Waals surface area contributed by atoms with Gasteiger partial charge in [-0.05, 0) is 18.6 Å². The molecule has 0 bridgehead atoms. The van der Waals surface area contributed by atoms with Crippen LogP contribution in [0.5, 0.6) is 5.75 Å². The minimum absolute atomic E-state index is 0.234. The Kier molecular flexibility index (Phi) is 6.64. The Bertz CT molecular complexity index is 426. The molecule has 0 N–H and O–H groups in total. The van der Waals surface area contributed by atoms with Crippen LogP contribution in [0.15, 0.2) is 24.3 Å². The van der Waals surface area contributed by atoms with Crippen LogP contribution in [0.4, 0.5) is 0 Å². The maximum atomic E-state index is 11.9. The summed E-state index contributed by atoms with van der Waals surface area (Å²) in [6, 6.07) is 6.55. The fraction of sp³-hybridized carbons (Fsp3) is 0.400. The zero-order valence-electron chi connectivity index (χ0n) is 11.2. The Labute approximate surface area is 113 Å². The maximum absolute atomic E-state index is 11.9. The molecule has 0 amide bonds. The highest BCUT2D eigenvalue weighted by Crippen LogP contribution is 2.19. The van der Waals surface area contributed by atoms with E-state index < -0.39 is 11.9 Å². The first-order valence-corrected chi connectivity index (χ1v) is 6.39. The second-order valence-corrected chi connectivity index (χ2v) is 4.14. The molecule has 1 aromatic rings. The van der Waals surface area contributed by atoms with Crippen molar-refractivity contribution < 1.29 is 19.1 Å². The van der Waals surface area contributed by atoms with Crippen LogP contribution >= 0.6 is 0 Å². The van der Waals surface area contributed by atoms with Crippen LogP contribution < -0.4 is 4.74 Å². The van der Waals surface area contributed by atoms with Gasteiger partial charge in [0.05, 0.1) is 6.61 Å². The third-order valence-electron chi connectivity index (χ3n) is 2.49. The molecule has 0 saturated heterocycles. The van der Waals surface area contributed by atoms with Crippen molar-refractivity contribution in [3.05, 3.63) is 36.8 Å². The molecule has 103 valence electrons. The predicted molar refractivity (Wildman–Crippen MR) is 71.9 cm³/mol. The van der Waals surface area contributed by atoms with Gasteiger partial charge in [-0.2, -0.15) is 0 Å². The lowest BCUT2D eigenvalue weighted by Gasteiger charge is -2.08. The van der Waals surface area contributed by atoms with E-state index >= 15 is 0 Å². The van der Waals surface area contributed by atoms with Crippen molar-refractivity contribution in [3.8, 4) is 5.75 Å². The van der Waals surface area contributed by atoms with Crippen molar-refractivity contribution in [1.29, 1.82) is 0 Å². The zero-order valence-corrected chi connectivity index (χ0v) is 11.2. The minimum atomic E-state index is -0.466. The van der Waals surface area contributed by atoms with E-state index in [4.69, 9.17) is 9.47 Å². The van der Waals surface area contributed by atoms with Crippen molar-refractivity contribution in [3.63, 3.8) is 0 Å². The van der Waals surface area contributed by atoms with Crippen LogP contribution in [0.3, 0.4) is 0 Å². The fourth-order valence-corrected chi connectivity index (χ4v) is 1.58. The maximum Gasteiger partial charge on any atom is 0.341 e. The SMILES string of the molecule is [CH2]CCCCCOC(=O)c1ccccc1OC(C)=O. The molecule has 1 aromatic carbocycles. The van der Waals surface area contributed by atoms with Gasteiger partial charge in [-0.1, -0.05) is 38.3 Å². The Morgan fingerprint density at radius 2 is 1.89 bits per heavy atom. The molecular formula is C15H19O4. The van der Waals surface area contributed by atoms with Crippen LogP contribution in [0, 0.1) is 6.92 Å². The molecule has 0 heterocycles. The average Bonchev–Trinajstić information content (AvgIpc) is 2.38. The molecule has 0 aliphatic heterocycles. The standard InChI is InChI=1S/C15H19O4/c1-3-4-5-8-11-18-15(17)13-9-6-7-10-14(13)19-12(2)16/h6-7,9-10H,1,3-5,8,11H2,2H3. The summed E-state index contributed by atoms with van der Waals surface area (Å²) in [6.07, 6.45) is 3.73. The number of carbonyl (C=O) groups excluding carboxylic acids is 2. The summed E-state index contributed by atoms with van der Waals surface area (Å²) in [5.74, 6) is -0.695. The summed E-state index contributed by atoms with van der Waals surface area (Å²) in [5.41, 5.74) is 0.273. The topological polar surface area (TPSA) is 52.6 Å². The van der Waals surface area contributed by atoms with E-state index in [1.54, 1.807) is 24.3 Å². The zero-order chi connectivity index (χ0) is 14.1. The number of benzene rings is 1. The Balaban J connectivity index is 2.54. The fourth-order valence-electron chi connectivity index (χ4n) is 1.58. The van der Waals surface area contributed by atoms with Crippen molar-refractivity contribution in [2.45, 2.75) is 32.6 Å². The normalized spacial score (nSPS) is 10.0. The second-order valence-electron chi connectivity index (χ2n) is 4.14. The van der Waals surface area contributed by atoms with Gasteiger partial charge in [0.15, 0.2) is 0 Å². The Morgan fingerprint density at radius 3 is 2.58 bits per heavy atom. The lowest BCUT2D eigenvalue weighted by Crippen LogP contribution is -2.11. The quantitative estimate of drug-likeness (QED) is 0.431. The van der Waals surface area contributed by atoms with Crippen LogP contribution in [0.2, 0.25) is 0 Å². The van der Waals surface area contributed by atoms with Crippen LogP contribution in [0.25, 0.3) is 0 Å². The van der Waals surface area contributed by atoms with Gasteiger partial charge in [0, 0.05) is 6.92 Å². The summed E-state index contributed by atoms with van der Waals surface area (Å²) in [7, 11) is 0. The molecule has 19 heavy (non-hydrogen) atoms. The summed E-state index contributed by atoms with van der Waals surface area (Å²) >= 11 is 0. The summed E-state index contributed by atoms with van der Waals surface area (Å²) in [4.78, 5) is 22.8. The number of rotatable bonds is 7. The van der Waals surface area contributed by atoms with Gasteiger partial charge < -0.3 is 9.47 Å². The third-order valence-corrected chi connectivity index (χ3v) is 2.49. The molecule has 0 unspecified atom stereocenters. The molecule has 0 spiro atoms. The summed E-state index contributed by atoms with van der Waals surface area (Å²) in [6.45, 7) is 5.41. The highest BCUT2D eigenvalue weighted by molar-refractivity contribution is 5.93. The van der Waals surface area contributed by atoms with E-state index in [1.807, 2.05) is 0 Å². The number of esters is 2. The van der Waals surface area contributed by atoms with Crippen LogP contribution in [-0.2, 0) is 9.53 Å². The predicted octanol–water partition coefficient (Wildman–Crippen LogP) is 3.16. The largest absolute Gasteiger partial charge is 0.462 e. The number of ether oxygens (including phenoxy) is 2. The van der Waals surface area contributed by atoms with E-state index in [0.29, 0.717) is 6.61 Å². The molecular weight excluding hydrogens is 244 g/mol. The van der Waals surface area contributed by atoms with Gasteiger partial charge in [-0.3, -0.25) is 4.79 Å². The highest BCUT2D eigenvalue weighted by Gasteiger charge is 2.14. The van der Waals surface area contributed by atoms with Gasteiger partial charge in [0.1, 0.15) is 11.3 Å². The number of unbranched alkanes of at least 4 members (excludes halogenated alkanes) is 3. The average molecular weight is 263 g/mol. The molecule has 4 nitrogen and oxygen atoms in total. The molecule has 1 rings (SSSR count). The van der Waals surface area contributed by atoms with E-state index in [1.165, 1.54) is 6.92 Å². The number of hydrogen-bond donors (Lipinski definition) is 0. The van der Waals surface area contributed by atoms with Gasteiger partial charge in [0.25, 0.3) is 0 Å². The molecule has 0 atom stereocenters. The van der Waals surface area contributed by atoms with Crippen molar-refractivity contribution in [2.75, 3.05) is 6.61 Å². The molecule has 0 aliphatic rings. The van der Waals surface area contributed by atoms with Gasteiger partial charge in [-0.25, -0.2) is 4.79 Å². The molecule has 0 aromatic heterocycles. The number of hydrogen-bond acceptors (Lipinski definition) is 4. The Hall–Kier alpha value is -1.84. The molecule has 0 fully saturated rings. The first kappa shape index (κ1) is 15.2. The van der Waals surface area contributed by atoms with Gasteiger partial charge >= 0.3 is 11.9 Å². The van der Waals surface area contributed by atoms with Gasteiger partial charge in [0.2, 0.25) is 0 Å².